The van der Waals surface area contributed by atoms with Crippen LogP contribution in [0.2, 0.25) is 0 Å². The minimum atomic E-state index is -1.06. The second-order valence-corrected chi connectivity index (χ2v) is 6.93. The lowest BCUT2D eigenvalue weighted by Gasteiger charge is -2.15. The summed E-state index contributed by atoms with van der Waals surface area (Å²) >= 11 is 1.16. The third-order valence-electron chi connectivity index (χ3n) is 3.40. The van der Waals surface area contributed by atoms with E-state index in [1.165, 1.54) is 12.1 Å². The molecule has 0 bridgehead atoms. The maximum atomic E-state index is 13.0. The Kier molecular flexibility index (Phi) is 5.66. The molecule has 0 spiro atoms. The van der Waals surface area contributed by atoms with Crippen LogP contribution in [0.3, 0.4) is 0 Å². The van der Waals surface area contributed by atoms with Gasteiger partial charge in [0.1, 0.15) is 21.7 Å². The van der Waals surface area contributed by atoms with Gasteiger partial charge in [-0.05, 0) is 43.5 Å². The van der Waals surface area contributed by atoms with Crippen molar-refractivity contribution in [3.63, 3.8) is 0 Å². The van der Waals surface area contributed by atoms with Gasteiger partial charge >= 0.3 is 5.97 Å². The summed E-state index contributed by atoms with van der Waals surface area (Å²) in [6, 6.07) is 4.90. The molecule has 7 heteroatoms. The summed E-state index contributed by atoms with van der Waals surface area (Å²) in [7, 11) is 0. The monoisotopic (exact) mass is 350 g/mol. The zero-order chi connectivity index (χ0) is 17.9. The van der Waals surface area contributed by atoms with Gasteiger partial charge in [0, 0.05) is 5.56 Å². The molecule has 0 aliphatic heterocycles. The Balaban J connectivity index is 2.21. The lowest BCUT2D eigenvalue weighted by atomic mass is 10.0. The number of hydrogen-bond donors (Lipinski definition) is 2. The molecule has 1 atom stereocenters. The van der Waals surface area contributed by atoms with Crippen molar-refractivity contribution in [2.75, 3.05) is 0 Å². The summed E-state index contributed by atoms with van der Waals surface area (Å²) in [6.07, 6.45) is 0.351. The number of benzene rings is 1. The standard InChI is InChI=1S/C17H19FN2O3S/c1-9(2)8-13(17(22)23)20-15(21)14-10(3)19-16(24-14)11-4-6-12(18)7-5-11/h4-7,9,13H,8H2,1-3H3,(H,20,21)(H,22,23)/t13-/m0/s1. The number of carboxylic acid groups (broad SMARTS) is 1. The number of hydrogen-bond acceptors (Lipinski definition) is 4. The van der Waals surface area contributed by atoms with Crippen molar-refractivity contribution in [1.29, 1.82) is 0 Å². The number of aromatic nitrogens is 1. The fourth-order valence-electron chi connectivity index (χ4n) is 2.24. The summed E-state index contributed by atoms with van der Waals surface area (Å²) in [5, 5.41) is 12.4. The van der Waals surface area contributed by atoms with Crippen LogP contribution in [-0.2, 0) is 4.79 Å². The number of amides is 1. The first-order chi connectivity index (χ1) is 11.3. The fourth-order valence-corrected chi connectivity index (χ4v) is 3.21. The van der Waals surface area contributed by atoms with E-state index in [1.54, 1.807) is 19.1 Å². The number of aryl methyl sites for hydroxylation is 1. The van der Waals surface area contributed by atoms with Gasteiger partial charge in [-0.2, -0.15) is 0 Å². The zero-order valence-electron chi connectivity index (χ0n) is 13.7. The number of carbonyl (C=O) groups is 2. The highest BCUT2D eigenvalue weighted by molar-refractivity contribution is 7.17. The molecular weight excluding hydrogens is 331 g/mol. The Morgan fingerprint density at radius 3 is 2.46 bits per heavy atom. The van der Waals surface area contributed by atoms with Gasteiger partial charge in [-0.25, -0.2) is 14.2 Å². The van der Waals surface area contributed by atoms with Crippen LogP contribution in [0.4, 0.5) is 4.39 Å². The van der Waals surface area contributed by atoms with Crippen LogP contribution in [0.25, 0.3) is 10.6 Å². The van der Waals surface area contributed by atoms with Crippen LogP contribution in [-0.4, -0.2) is 28.0 Å². The molecule has 5 nitrogen and oxygen atoms in total. The predicted octanol–water partition coefficient (Wildman–Crippen LogP) is 3.49. The molecule has 128 valence electrons. The second kappa shape index (κ2) is 7.53. The molecule has 0 aliphatic carbocycles. The Labute approximate surface area is 143 Å². The molecule has 0 fully saturated rings. The predicted molar refractivity (Wildman–Crippen MR) is 90.6 cm³/mol. The third-order valence-corrected chi connectivity index (χ3v) is 4.61. The summed E-state index contributed by atoms with van der Waals surface area (Å²) in [5.74, 6) is -1.71. The molecule has 1 aromatic carbocycles. The van der Waals surface area contributed by atoms with E-state index in [-0.39, 0.29) is 11.7 Å². The molecule has 0 radical (unpaired) electrons. The van der Waals surface area contributed by atoms with Crippen LogP contribution in [0, 0.1) is 18.7 Å². The zero-order valence-corrected chi connectivity index (χ0v) is 14.5. The largest absolute Gasteiger partial charge is 0.480 e. The first-order valence-corrected chi connectivity index (χ1v) is 8.36. The highest BCUT2D eigenvalue weighted by atomic mass is 32.1. The molecule has 1 heterocycles. The van der Waals surface area contributed by atoms with Crippen molar-refractivity contribution in [2.45, 2.75) is 33.2 Å². The van der Waals surface area contributed by atoms with E-state index in [9.17, 15) is 19.1 Å². The summed E-state index contributed by atoms with van der Waals surface area (Å²) < 4.78 is 13.0. The fraction of sp³-hybridized carbons (Fsp3) is 0.353. The average molecular weight is 350 g/mol. The van der Waals surface area contributed by atoms with Gasteiger partial charge in [0.15, 0.2) is 0 Å². The van der Waals surface area contributed by atoms with Crippen LogP contribution in [0.15, 0.2) is 24.3 Å². The molecule has 1 aromatic heterocycles. The number of halogens is 1. The minimum absolute atomic E-state index is 0.142. The Morgan fingerprint density at radius 2 is 1.92 bits per heavy atom. The van der Waals surface area contributed by atoms with E-state index >= 15 is 0 Å². The quantitative estimate of drug-likeness (QED) is 0.836. The Morgan fingerprint density at radius 1 is 1.29 bits per heavy atom. The third kappa shape index (κ3) is 4.38. The number of carboxylic acids is 1. The van der Waals surface area contributed by atoms with Crippen molar-refractivity contribution in [3.05, 3.63) is 40.7 Å². The van der Waals surface area contributed by atoms with Crippen molar-refractivity contribution >= 4 is 23.2 Å². The van der Waals surface area contributed by atoms with Gasteiger partial charge in [0.05, 0.1) is 5.69 Å². The molecule has 2 aromatic rings. The van der Waals surface area contributed by atoms with E-state index in [0.717, 1.165) is 11.3 Å². The van der Waals surface area contributed by atoms with E-state index in [1.807, 2.05) is 13.8 Å². The molecular formula is C17H19FN2O3S. The molecule has 0 unspecified atom stereocenters. The molecule has 24 heavy (non-hydrogen) atoms. The van der Waals surface area contributed by atoms with Gasteiger partial charge in [-0.3, -0.25) is 4.79 Å². The summed E-state index contributed by atoms with van der Waals surface area (Å²) in [6.45, 7) is 5.48. The average Bonchev–Trinajstić information content (AvgIpc) is 2.88. The van der Waals surface area contributed by atoms with E-state index in [4.69, 9.17) is 0 Å². The minimum Gasteiger partial charge on any atom is -0.480 e. The van der Waals surface area contributed by atoms with Gasteiger partial charge in [0.25, 0.3) is 5.91 Å². The van der Waals surface area contributed by atoms with Crippen LogP contribution in [0.1, 0.15) is 35.6 Å². The second-order valence-electron chi connectivity index (χ2n) is 5.93. The van der Waals surface area contributed by atoms with Gasteiger partial charge < -0.3 is 10.4 Å². The Bertz CT molecular complexity index is 741. The van der Waals surface area contributed by atoms with Crippen LogP contribution < -0.4 is 5.32 Å². The SMILES string of the molecule is Cc1nc(-c2ccc(F)cc2)sc1C(=O)N[C@@H](CC(C)C)C(=O)O. The number of carbonyl (C=O) groups excluding carboxylic acids is 1. The highest BCUT2D eigenvalue weighted by Gasteiger charge is 2.24. The number of rotatable bonds is 6. The first kappa shape index (κ1) is 18.1. The van der Waals surface area contributed by atoms with E-state index < -0.39 is 17.9 Å². The summed E-state index contributed by atoms with van der Waals surface area (Å²) in [4.78, 5) is 28.4. The van der Waals surface area contributed by atoms with Crippen LogP contribution in [0.5, 0.6) is 0 Å². The lowest BCUT2D eigenvalue weighted by Crippen LogP contribution is -2.41. The summed E-state index contributed by atoms with van der Waals surface area (Å²) in [5.41, 5.74) is 1.23. The van der Waals surface area contributed by atoms with Crippen molar-refractivity contribution in [1.82, 2.24) is 10.3 Å². The van der Waals surface area contributed by atoms with Crippen molar-refractivity contribution < 1.29 is 19.1 Å². The molecule has 2 rings (SSSR count). The molecule has 0 saturated heterocycles. The maximum absolute atomic E-state index is 13.0. The number of nitrogens with zero attached hydrogens (tertiary/aromatic N) is 1. The number of thiazole rings is 1. The van der Waals surface area contributed by atoms with E-state index in [0.29, 0.717) is 27.6 Å². The van der Waals surface area contributed by atoms with E-state index in [2.05, 4.69) is 10.3 Å². The normalized spacial score (nSPS) is 12.2. The maximum Gasteiger partial charge on any atom is 0.326 e. The number of aliphatic carboxylic acids is 1. The topological polar surface area (TPSA) is 79.3 Å². The smallest absolute Gasteiger partial charge is 0.326 e. The lowest BCUT2D eigenvalue weighted by molar-refractivity contribution is -0.139. The van der Waals surface area contributed by atoms with Crippen LogP contribution >= 0.6 is 11.3 Å². The van der Waals surface area contributed by atoms with Gasteiger partial charge in [0.2, 0.25) is 0 Å². The van der Waals surface area contributed by atoms with Gasteiger partial charge in [-0.1, -0.05) is 13.8 Å². The first-order valence-electron chi connectivity index (χ1n) is 7.55. The van der Waals surface area contributed by atoms with Gasteiger partial charge in [-0.15, -0.1) is 11.3 Å². The number of nitrogens with one attached hydrogen (secondary N) is 1. The Hall–Kier alpha value is -2.28. The molecule has 1 amide bonds. The molecule has 0 aliphatic rings. The van der Waals surface area contributed by atoms with Crippen molar-refractivity contribution in [2.24, 2.45) is 5.92 Å². The molecule has 2 N–H and O–H groups in total. The molecule has 0 saturated carbocycles. The highest BCUT2D eigenvalue weighted by Crippen LogP contribution is 2.28. The van der Waals surface area contributed by atoms with Crippen molar-refractivity contribution in [3.8, 4) is 10.6 Å².